The fourth-order valence-corrected chi connectivity index (χ4v) is 2.89. The summed E-state index contributed by atoms with van der Waals surface area (Å²) in [4.78, 5) is 0. The summed E-state index contributed by atoms with van der Waals surface area (Å²) in [6.07, 6.45) is 4.91. The van der Waals surface area contributed by atoms with E-state index in [9.17, 15) is 0 Å². The molecule has 1 aliphatic rings. The largest absolute Gasteiger partial charge is 0.314 e. The van der Waals surface area contributed by atoms with Gasteiger partial charge in [-0.15, -0.1) is 0 Å². The summed E-state index contributed by atoms with van der Waals surface area (Å²) < 4.78 is 0. The van der Waals surface area contributed by atoms with Gasteiger partial charge in [-0.25, -0.2) is 0 Å². The van der Waals surface area contributed by atoms with Gasteiger partial charge in [-0.2, -0.15) is 11.8 Å². The van der Waals surface area contributed by atoms with Gasteiger partial charge >= 0.3 is 0 Å². The highest BCUT2D eigenvalue weighted by Crippen LogP contribution is 2.30. The molecular weight excluding hydrogens is 190 g/mol. The van der Waals surface area contributed by atoms with Crippen LogP contribution >= 0.6 is 11.8 Å². The molecule has 2 heteroatoms. The average Bonchev–Trinajstić information content (AvgIpc) is 2.48. The van der Waals surface area contributed by atoms with Crippen molar-refractivity contribution in [3.63, 3.8) is 0 Å². The van der Waals surface area contributed by atoms with Crippen LogP contribution in [0, 0.1) is 11.3 Å². The molecule has 3 atom stereocenters. The molecule has 0 aliphatic carbocycles. The molecule has 0 spiro atoms. The Kier molecular flexibility index (Phi) is 4.32. The first kappa shape index (κ1) is 12.4. The van der Waals surface area contributed by atoms with Gasteiger partial charge in [-0.05, 0) is 37.0 Å². The van der Waals surface area contributed by atoms with E-state index < -0.39 is 0 Å². The number of rotatable bonds is 3. The molecule has 1 fully saturated rings. The van der Waals surface area contributed by atoms with Gasteiger partial charge < -0.3 is 5.32 Å². The Morgan fingerprint density at radius 1 is 1.43 bits per heavy atom. The summed E-state index contributed by atoms with van der Waals surface area (Å²) >= 11 is 2.00. The summed E-state index contributed by atoms with van der Waals surface area (Å²) in [5, 5.41) is 4.48. The predicted molar refractivity (Wildman–Crippen MR) is 66.9 cm³/mol. The zero-order valence-electron chi connectivity index (χ0n) is 10.3. The second kappa shape index (κ2) is 4.89. The first-order valence-electron chi connectivity index (χ1n) is 5.68. The fraction of sp³-hybridized carbons (Fsp3) is 1.00. The second-order valence-electron chi connectivity index (χ2n) is 5.81. The average molecular weight is 215 g/mol. The summed E-state index contributed by atoms with van der Waals surface area (Å²) in [5.74, 6) is 0.886. The molecule has 14 heavy (non-hydrogen) atoms. The van der Waals surface area contributed by atoms with Crippen LogP contribution in [0.1, 0.15) is 40.5 Å². The Labute approximate surface area is 93.4 Å². The minimum absolute atomic E-state index is 0.467. The van der Waals surface area contributed by atoms with Gasteiger partial charge in [0.15, 0.2) is 0 Å². The van der Waals surface area contributed by atoms with E-state index in [1.54, 1.807) is 0 Å². The molecule has 1 heterocycles. The molecule has 0 amide bonds. The van der Waals surface area contributed by atoms with Crippen molar-refractivity contribution in [1.82, 2.24) is 5.32 Å². The van der Waals surface area contributed by atoms with Crippen LogP contribution in [0.5, 0.6) is 0 Å². The van der Waals surface area contributed by atoms with Crippen molar-refractivity contribution in [3.05, 3.63) is 0 Å². The lowest BCUT2D eigenvalue weighted by atomic mass is 9.86. The number of thioether (sulfide) groups is 1. The van der Waals surface area contributed by atoms with Crippen molar-refractivity contribution < 1.29 is 0 Å². The molecule has 0 saturated carbocycles. The van der Waals surface area contributed by atoms with Crippen molar-refractivity contribution in [2.24, 2.45) is 11.3 Å². The van der Waals surface area contributed by atoms with Gasteiger partial charge in [0.05, 0.1) is 0 Å². The summed E-state index contributed by atoms with van der Waals surface area (Å²) in [5.41, 5.74) is 0.467. The van der Waals surface area contributed by atoms with Crippen LogP contribution in [0.25, 0.3) is 0 Å². The van der Waals surface area contributed by atoms with Crippen LogP contribution in [0.4, 0.5) is 0 Å². The first-order valence-corrected chi connectivity index (χ1v) is 6.97. The highest BCUT2D eigenvalue weighted by atomic mass is 32.2. The third-order valence-electron chi connectivity index (χ3n) is 3.15. The number of nitrogens with one attached hydrogen (secondary N) is 1. The van der Waals surface area contributed by atoms with E-state index in [1.807, 2.05) is 11.8 Å². The molecule has 0 aromatic heterocycles. The third kappa shape index (κ3) is 3.82. The van der Waals surface area contributed by atoms with Crippen LogP contribution in [-0.2, 0) is 0 Å². The summed E-state index contributed by atoms with van der Waals surface area (Å²) in [6.45, 7) is 10.6. The monoisotopic (exact) mass is 215 g/mol. The Morgan fingerprint density at radius 2 is 2.07 bits per heavy atom. The van der Waals surface area contributed by atoms with Gasteiger partial charge in [-0.1, -0.05) is 27.7 Å². The lowest BCUT2D eigenvalue weighted by Gasteiger charge is -2.23. The quantitative estimate of drug-likeness (QED) is 0.776. The van der Waals surface area contributed by atoms with Gasteiger partial charge in [0.1, 0.15) is 0 Å². The maximum absolute atomic E-state index is 3.67. The molecule has 1 nitrogen and oxygen atoms in total. The smallest absolute Gasteiger partial charge is 0.00756 e. The van der Waals surface area contributed by atoms with E-state index in [-0.39, 0.29) is 0 Å². The van der Waals surface area contributed by atoms with E-state index in [1.165, 1.54) is 19.4 Å². The molecule has 0 aromatic carbocycles. The highest BCUT2D eigenvalue weighted by molar-refractivity contribution is 7.99. The van der Waals surface area contributed by atoms with E-state index in [4.69, 9.17) is 0 Å². The van der Waals surface area contributed by atoms with Crippen molar-refractivity contribution in [2.45, 2.75) is 51.8 Å². The maximum Gasteiger partial charge on any atom is 0.00756 e. The maximum atomic E-state index is 3.67. The molecule has 84 valence electrons. The van der Waals surface area contributed by atoms with Crippen LogP contribution < -0.4 is 5.32 Å². The van der Waals surface area contributed by atoms with Crippen molar-refractivity contribution in [2.75, 3.05) is 12.8 Å². The minimum atomic E-state index is 0.467. The molecule has 3 unspecified atom stereocenters. The lowest BCUT2D eigenvalue weighted by Crippen LogP contribution is -2.26. The number of hydrogen-bond donors (Lipinski definition) is 1. The van der Waals surface area contributed by atoms with Crippen LogP contribution in [0.3, 0.4) is 0 Å². The zero-order valence-corrected chi connectivity index (χ0v) is 11.1. The van der Waals surface area contributed by atoms with E-state index in [2.05, 4.69) is 39.3 Å². The Bertz CT molecular complexity index is 174. The van der Waals surface area contributed by atoms with Crippen LogP contribution in [0.2, 0.25) is 0 Å². The Balaban J connectivity index is 2.34. The van der Waals surface area contributed by atoms with Crippen molar-refractivity contribution >= 4 is 11.8 Å². The van der Waals surface area contributed by atoms with Gasteiger partial charge in [-0.3, -0.25) is 0 Å². The molecule has 0 radical (unpaired) electrons. The topological polar surface area (TPSA) is 12.0 Å². The minimum Gasteiger partial charge on any atom is -0.314 e. The molecule has 0 bridgehead atoms. The normalized spacial score (nSPS) is 30.6. The SMILES string of the molecule is CSC(C)C1CNC(CC(C)(C)C)C1. The predicted octanol–water partition coefficient (Wildman–Crippen LogP) is 3.15. The molecule has 1 saturated heterocycles. The lowest BCUT2D eigenvalue weighted by molar-refractivity contribution is 0.322. The van der Waals surface area contributed by atoms with Crippen LogP contribution in [-0.4, -0.2) is 24.1 Å². The summed E-state index contributed by atoms with van der Waals surface area (Å²) in [7, 11) is 0. The Morgan fingerprint density at radius 3 is 2.57 bits per heavy atom. The molecule has 0 aromatic rings. The van der Waals surface area contributed by atoms with Crippen molar-refractivity contribution in [3.8, 4) is 0 Å². The standard InChI is InChI=1S/C12H25NS/c1-9(14-5)10-6-11(13-8-10)7-12(2,3)4/h9-11,13H,6-8H2,1-5H3. The highest BCUT2D eigenvalue weighted by Gasteiger charge is 2.30. The van der Waals surface area contributed by atoms with Gasteiger partial charge in [0, 0.05) is 11.3 Å². The molecule has 1 aliphatic heterocycles. The molecule has 1 N–H and O–H groups in total. The van der Waals surface area contributed by atoms with E-state index >= 15 is 0 Å². The first-order chi connectivity index (χ1) is 6.42. The fourth-order valence-electron chi connectivity index (χ4n) is 2.29. The number of hydrogen-bond acceptors (Lipinski definition) is 2. The molecule has 1 rings (SSSR count). The zero-order chi connectivity index (χ0) is 10.8. The van der Waals surface area contributed by atoms with Gasteiger partial charge in [0.25, 0.3) is 0 Å². The van der Waals surface area contributed by atoms with E-state index in [0.717, 1.165) is 17.2 Å². The summed E-state index contributed by atoms with van der Waals surface area (Å²) in [6, 6.07) is 0.759. The van der Waals surface area contributed by atoms with Gasteiger partial charge in [0.2, 0.25) is 0 Å². The molecular formula is C12H25NS. The van der Waals surface area contributed by atoms with Crippen molar-refractivity contribution in [1.29, 1.82) is 0 Å². The Hall–Kier alpha value is 0.310. The second-order valence-corrected chi connectivity index (χ2v) is 7.02. The third-order valence-corrected chi connectivity index (χ3v) is 4.28. The van der Waals surface area contributed by atoms with Crippen LogP contribution in [0.15, 0.2) is 0 Å². The van der Waals surface area contributed by atoms with E-state index in [0.29, 0.717) is 5.41 Å².